The molecule has 0 aromatic heterocycles. The van der Waals surface area contributed by atoms with Gasteiger partial charge in [0, 0.05) is 17.4 Å². The average Bonchev–Trinajstić information content (AvgIpc) is 2.28. The lowest BCUT2D eigenvalue weighted by Crippen LogP contribution is -2.50. The Morgan fingerprint density at radius 1 is 1.41 bits per heavy atom. The van der Waals surface area contributed by atoms with Crippen LogP contribution in [0.1, 0.15) is 32.6 Å². The summed E-state index contributed by atoms with van der Waals surface area (Å²) < 4.78 is 5.45. The molecule has 0 spiro atoms. The van der Waals surface area contributed by atoms with Crippen molar-refractivity contribution in [3.05, 3.63) is 23.3 Å². The van der Waals surface area contributed by atoms with Crippen molar-refractivity contribution in [3.63, 3.8) is 0 Å². The van der Waals surface area contributed by atoms with Crippen LogP contribution in [0.25, 0.3) is 0 Å². The minimum Gasteiger partial charge on any atom is -0.458 e. The highest BCUT2D eigenvalue weighted by Crippen LogP contribution is 2.49. The number of esters is 1. The van der Waals surface area contributed by atoms with E-state index in [1.165, 1.54) is 11.1 Å². The molecule has 3 rings (SSSR count). The van der Waals surface area contributed by atoms with Crippen molar-refractivity contribution in [2.75, 3.05) is 0 Å². The summed E-state index contributed by atoms with van der Waals surface area (Å²) in [6.07, 6.45) is 3.26. The average molecular weight is 234 g/mol. The molecule has 2 aliphatic carbocycles. The van der Waals surface area contributed by atoms with Crippen LogP contribution < -0.4 is 0 Å². The van der Waals surface area contributed by atoms with Crippen LogP contribution in [0, 0.1) is 11.8 Å². The third-order valence-electron chi connectivity index (χ3n) is 4.53. The molecular weight excluding hydrogens is 216 g/mol. The number of hydrogen-bond acceptors (Lipinski definition) is 3. The topological polar surface area (TPSA) is 46.5 Å². The molecule has 17 heavy (non-hydrogen) atoms. The fourth-order valence-corrected chi connectivity index (χ4v) is 3.75. The molecule has 1 heterocycles. The van der Waals surface area contributed by atoms with Gasteiger partial charge in [-0.2, -0.15) is 0 Å². The van der Waals surface area contributed by atoms with Crippen LogP contribution in [-0.2, 0) is 9.53 Å². The first kappa shape index (κ1) is 11.0. The maximum absolute atomic E-state index is 11.7. The van der Waals surface area contributed by atoms with Crippen LogP contribution in [0.2, 0.25) is 0 Å². The molecule has 92 valence electrons. The van der Waals surface area contributed by atoms with Gasteiger partial charge in [0.2, 0.25) is 0 Å². The summed E-state index contributed by atoms with van der Waals surface area (Å²) in [6.45, 7) is 5.92. The van der Waals surface area contributed by atoms with Gasteiger partial charge < -0.3 is 9.84 Å². The summed E-state index contributed by atoms with van der Waals surface area (Å²) in [5.74, 6) is -0.228. The van der Waals surface area contributed by atoms with E-state index in [1.54, 1.807) is 0 Å². The van der Waals surface area contributed by atoms with E-state index in [1.807, 2.05) is 0 Å². The molecule has 1 saturated carbocycles. The van der Waals surface area contributed by atoms with E-state index in [9.17, 15) is 9.90 Å². The summed E-state index contributed by atoms with van der Waals surface area (Å²) in [6, 6.07) is 0. The lowest BCUT2D eigenvalue weighted by Gasteiger charge is -2.48. The van der Waals surface area contributed by atoms with Gasteiger partial charge in [-0.25, -0.2) is 4.79 Å². The Balaban J connectivity index is 2.07. The minimum atomic E-state index is -0.468. The van der Waals surface area contributed by atoms with E-state index in [-0.39, 0.29) is 23.9 Å². The molecule has 0 radical (unpaired) electrons. The van der Waals surface area contributed by atoms with Crippen molar-refractivity contribution < 1.29 is 14.6 Å². The van der Waals surface area contributed by atoms with Crippen molar-refractivity contribution in [2.45, 2.75) is 44.8 Å². The van der Waals surface area contributed by atoms with Crippen molar-refractivity contribution in [3.8, 4) is 0 Å². The first-order valence-electron chi connectivity index (χ1n) is 6.36. The number of ether oxygens (including phenoxy) is 1. The Bertz CT molecular complexity index is 421. The van der Waals surface area contributed by atoms with Gasteiger partial charge in [0.15, 0.2) is 0 Å². The summed E-state index contributed by atoms with van der Waals surface area (Å²) in [5, 5.41) is 10.2. The zero-order chi connectivity index (χ0) is 12.2. The number of aliphatic hydroxyl groups is 1. The molecule has 0 aromatic rings. The van der Waals surface area contributed by atoms with Crippen molar-refractivity contribution in [1.82, 2.24) is 0 Å². The predicted molar refractivity (Wildman–Crippen MR) is 63.2 cm³/mol. The Morgan fingerprint density at radius 3 is 2.94 bits per heavy atom. The molecule has 0 aromatic carbocycles. The first-order chi connectivity index (χ1) is 8.09. The lowest BCUT2D eigenvalue weighted by molar-refractivity contribution is -0.158. The fourth-order valence-electron chi connectivity index (χ4n) is 3.75. The summed E-state index contributed by atoms with van der Waals surface area (Å²) in [7, 11) is 0. The molecule has 0 unspecified atom stereocenters. The van der Waals surface area contributed by atoms with E-state index in [0.29, 0.717) is 12.0 Å². The minimum absolute atomic E-state index is 0.0355. The van der Waals surface area contributed by atoms with Gasteiger partial charge in [0.05, 0.1) is 6.10 Å². The number of carbonyl (C=O) groups excluding carboxylic acids is 1. The highest BCUT2D eigenvalue weighted by molar-refractivity contribution is 5.89. The van der Waals surface area contributed by atoms with Crippen molar-refractivity contribution >= 4 is 5.97 Å². The molecule has 4 atom stereocenters. The number of hydrogen-bond donors (Lipinski definition) is 1. The van der Waals surface area contributed by atoms with E-state index in [0.717, 1.165) is 19.3 Å². The largest absolute Gasteiger partial charge is 0.458 e. The Morgan fingerprint density at radius 2 is 2.18 bits per heavy atom. The smallest absolute Gasteiger partial charge is 0.334 e. The maximum Gasteiger partial charge on any atom is 0.334 e. The summed E-state index contributed by atoms with van der Waals surface area (Å²) in [4.78, 5) is 11.7. The van der Waals surface area contributed by atoms with Gasteiger partial charge in [0.1, 0.15) is 6.10 Å². The highest BCUT2D eigenvalue weighted by Gasteiger charge is 2.49. The van der Waals surface area contributed by atoms with Crippen LogP contribution in [0.5, 0.6) is 0 Å². The zero-order valence-corrected chi connectivity index (χ0v) is 10.1. The van der Waals surface area contributed by atoms with E-state index < -0.39 is 6.10 Å². The van der Waals surface area contributed by atoms with Crippen LogP contribution in [0.4, 0.5) is 0 Å². The first-order valence-corrected chi connectivity index (χ1v) is 6.36. The number of carbonyl (C=O) groups is 1. The van der Waals surface area contributed by atoms with Crippen LogP contribution >= 0.6 is 0 Å². The van der Waals surface area contributed by atoms with Gasteiger partial charge in [-0.3, -0.25) is 0 Å². The highest BCUT2D eigenvalue weighted by atomic mass is 16.5. The molecule has 3 nitrogen and oxygen atoms in total. The van der Waals surface area contributed by atoms with Gasteiger partial charge in [-0.05, 0) is 32.6 Å². The molecule has 2 fully saturated rings. The Kier molecular flexibility index (Phi) is 2.40. The summed E-state index contributed by atoms with van der Waals surface area (Å²) in [5.41, 5.74) is 3.16. The van der Waals surface area contributed by atoms with Gasteiger partial charge >= 0.3 is 5.97 Å². The molecule has 1 saturated heterocycles. The summed E-state index contributed by atoms with van der Waals surface area (Å²) >= 11 is 0. The normalized spacial score (nSPS) is 41.1. The van der Waals surface area contributed by atoms with Crippen molar-refractivity contribution in [1.29, 1.82) is 0 Å². The molecule has 3 heteroatoms. The second-order valence-corrected chi connectivity index (χ2v) is 5.49. The molecular formula is C14H18O3. The third-order valence-corrected chi connectivity index (χ3v) is 4.53. The monoisotopic (exact) mass is 234 g/mol. The van der Waals surface area contributed by atoms with Crippen LogP contribution in [-0.4, -0.2) is 23.3 Å². The van der Waals surface area contributed by atoms with E-state index in [2.05, 4.69) is 13.5 Å². The molecule has 1 aliphatic heterocycles. The molecule has 0 amide bonds. The van der Waals surface area contributed by atoms with E-state index in [4.69, 9.17) is 4.74 Å². The van der Waals surface area contributed by atoms with Gasteiger partial charge in [0.25, 0.3) is 0 Å². The van der Waals surface area contributed by atoms with Crippen LogP contribution in [0.15, 0.2) is 23.3 Å². The second kappa shape index (κ2) is 3.70. The van der Waals surface area contributed by atoms with Crippen molar-refractivity contribution in [2.24, 2.45) is 11.8 Å². The lowest BCUT2D eigenvalue weighted by atomic mass is 9.63. The molecule has 1 N–H and O–H groups in total. The van der Waals surface area contributed by atoms with Gasteiger partial charge in [-0.15, -0.1) is 0 Å². The van der Waals surface area contributed by atoms with Gasteiger partial charge in [-0.1, -0.05) is 17.7 Å². The van der Waals surface area contributed by atoms with Crippen LogP contribution in [0.3, 0.4) is 0 Å². The SMILES string of the molecule is C=C1C(=O)O[C@H]2CCCC3=C(C)C[C@H](O)[C@@H]1[C@@H]32. The molecule has 3 aliphatic rings. The molecule has 0 bridgehead atoms. The standard InChI is InChI=1S/C14H18O3/c1-7-6-10(15)12-8(2)14(16)17-11-5-3-4-9(7)13(11)12/h10-13,15H,2-6H2,1H3/t10-,11-,12+,13-/m0/s1. The third kappa shape index (κ3) is 1.48. The Hall–Kier alpha value is -1.09. The number of rotatable bonds is 0. The maximum atomic E-state index is 11.7. The Labute approximate surface area is 101 Å². The predicted octanol–water partition coefficient (Wildman–Crippen LogP) is 1.97. The number of aliphatic hydroxyl groups excluding tert-OH is 1. The zero-order valence-electron chi connectivity index (χ0n) is 10.1. The second-order valence-electron chi connectivity index (χ2n) is 5.49. The fraction of sp³-hybridized carbons (Fsp3) is 0.643. The quantitative estimate of drug-likeness (QED) is 0.396. The van der Waals surface area contributed by atoms with E-state index >= 15 is 0 Å².